The van der Waals surface area contributed by atoms with E-state index in [2.05, 4.69) is 15.7 Å². The molecule has 0 atom stereocenters. The number of imide groups is 1. The van der Waals surface area contributed by atoms with E-state index in [1.807, 2.05) is 19.1 Å². The Morgan fingerprint density at radius 3 is 2.80 bits per heavy atom. The van der Waals surface area contributed by atoms with Crippen molar-refractivity contribution < 1.29 is 14.4 Å². The predicted octanol–water partition coefficient (Wildman–Crippen LogP) is 2.82. The van der Waals surface area contributed by atoms with Gasteiger partial charge in [-0.25, -0.2) is 9.48 Å². The lowest BCUT2D eigenvalue weighted by atomic mass is 9.98. The van der Waals surface area contributed by atoms with Crippen LogP contribution in [0, 0.1) is 6.92 Å². The molecule has 9 heteroatoms. The van der Waals surface area contributed by atoms with E-state index < -0.39 is 5.54 Å². The molecule has 0 radical (unpaired) electrons. The number of aromatic nitrogens is 2. The summed E-state index contributed by atoms with van der Waals surface area (Å²) in [4.78, 5) is 38.7. The Labute approximate surface area is 179 Å². The fourth-order valence-electron chi connectivity index (χ4n) is 4.23. The lowest BCUT2D eigenvalue weighted by Gasteiger charge is -2.20. The molecule has 0 bridgehead atoms. The first-order valence-corrected chi connectivity index (χ1v) is 10.5. The molecule has 1 saturated heterocycles. The summed E-state index contributed by atoms with van der Waals surface area (Å²) in [5, 5.41) is 10.6. The first kappa shape index (κ1) is 20.4. The predicted molar refractivity (Wildman–Crippen MR) is 112 cm³/mol. The highest BCUT2D eigenvalue weighted by molar-refractivity contribution is 6.30. The van der Waals surface area contributed by atoms with Gasteiger partial charge in [-0.15, -0.1) is 0 Å². The van der Waals surface area contributed by atoms with Gasteiger partial charge in [-0.1, -0.05) is 30.5 Å². The van der Waals surface area contributed by atoms with Crippen LogP contribution < -0.4 is 10.6 Å². The lowest BCUT2D eigenvalue weighted by Crippen LogP contribution is -2.44. The zero-order valence-corrected chi connectivity index (χ0v) is 17.5. The number of rotatable bonds is 6. The third-order valence-corrected chi connectivity index (χ3v) is 6.09. The van der Waals surface area contributed by atoms with E-state index in [1.54, 1.807) is 16.8 Å². The second kappa shape index (κ2) is 8.10. The summed E-state index contributed by atoms with van der Waals surface area (Å²) < 4.78 is 1.66. The first-order valence-electron chi connectivity index (χ1n) is 10.1. The third kappa shape index (κ3) is 3.67. The molecule has 2 fully saturated rings. The normalized spacial score (nSPS) is 17.6. The van der Waals surface area contributed by atoms with Crippen LogP contribution in [-0.4, -0.2) is 51.2 Å². The second-order valence-corrected chi connectivity index (χ2v) is 8.26. The Morgan fingerprint density at radius 2 is 2.07 bits per heavy atom. The number of hydrogen-bond acceptors (Lipinski definition) is 4. The van der Waals surface area contributed by atoms with Gasteiger partial charge in [0.05, 0.1) is 23.1 Å². The van der Waals surface area contributed by atoms with Crippen LogP contribution in [0.2, 0.25) is 5.02 Å². The van der Waals surface area contributed by atoms with Crippen LogP contribution >= 0.6 is 11.6 Å². The Morgan fingerprint density at radius 1 is 1.30 bits per heavy atom. The Kier molecular flexibility index (Phi) is 5.51. The maximum atomic E-state index is 12.6. The molecule has 1 aromatic heterocycles. The monoisotopic (exact) mass is 429 g/mol. The van der Waals surface area contributed by atoms with E-state index in [-0.39, 0.29) is 24.4 Å². The van der Waals surface area contributed by atoms with Crippen molar-refractivity contribution >= 4 is 29.4 Å². The van der Waals surface area contributed by atoms with Crippen molar-refractivity contribution in [2.45, 2.75) is 44.6 Å². The van der Waals surface area contributed by atoms with Crippen LogP contribution in [0.5, 0.6) is 0 Å². The van der Waals surface area contributed by atoms with Gasteiger partial charge in [0.15, 0.2) is 0 Å². The minimum absolute atomic E-state index is 0.130. The quantitative estimate of drug-likeness (QED) is 0.545. The molecule has 1 aromatic carbocycles. The van der Waals surface area contributed by atoms with Crippen LogP contribution in [0.4, 0.5) is 4.79 Å². The van der Waals surface area contributed by atoms with Crippen molar-refractivity contribution in [1.82, 2.24) is 25.3 Å². The molecular weight excluding hydrogens is 406 g/mol. The van der Waals surface area contributed by atoms with Crippen molar-refractivity contribution in [2.75, 3.05) is 13.1 Å². The lowest BCUT2D eigenvalue weighted by molar-refractivity contribution is -0.131. The van der Waals surface area contributed by atoms with Crippen molar-refractivity contribution in [3.8, 4) is 5.69 Å². The van der Waals surface area contributed by atoms with Crippen molar-refractivity contribution in [2.24, 2.45) is 0 Å². The Balaban J connectivity index is 1.32. The molecular formula is C21H24ClN5O3. The second-order valence-electron chi connectivity index (χ2n) is 7.82. The van der Waals surface area contributed by atoms with E-state index in [1.165, 1.54) is 11.1 Å². The average molecular weight is 430 g/mol. The number of carbonyl (C=O) groups is 3. The maximum Gasteiger partial charge on any atom is 0.325 e. The van der Waals surface area contributed by atoms with E-state index in [0.29, 0.717) is 42.1 Å². The van der Waals surface area contributed by atoms with E-state index in [0.717, 1.165) is 18.5 Å². The summed E-state index contributed by atoms with van der Waals surface area (Å²) in [6, 6.07) is 6.91. The maximum absolute atomic E-state index is 12.6. The van der Waals surface area contributed by atoms with Crippen molar-refractivity contribution in [3.05, 3.63) is 46.7 Å². The zero-order valence-electron chi connectivity index (χ0n) is 16.8. The van der Waals surface area contributed by atoms with Crippen LogP contribution in [0.25, 0.3) is 5.69 Å². The fraction of sp³-hybridized carbons (Fsp3) is 0.429. The van der Waals surface area contributed by atoms with E-state index >= 15 is 0 Å². The molecule has 8 nitrogen and oxygen atoms in total. The number of benzene rings is 1. The van der Waals surface area contributed by atoms with Gasteiger partial charge in [0, 0.05) is 18.1 Å². The number of amides is 4. The highest BCUT2D eigenvalue weighted by Crippen LogP contribution is 2.35. The van der Waals surface area contributed by atoms with Gasteiger partial charge in [-0.2, -0.15) is 5.10 Å². The summed E-state index contributed by atoms with van der Waals surface area (Å²) in [5.74, 6) is -0.375. The van der Waals surface area contributed by atoms with Gasteiger partial charge in [0.2, 0.25) is 0 Å². The molecule has 1 aliphatic heterocycles. The molecule has 30 heavy (non-hydrogen) atoms. The highest BCUT2D eigenvalue weighted by Gasteiger charge is 2.51. The zero-order chi connectivity index (χ0) is 21.3. The summed E-state index contributed by atoms with van der Waals surface area (Å²) in [5.41, 5.74) is 1.26. The summed E-state index contributed by atoms with van der Waals surface area (Å²) >= 11 is 6.04. The molecule has 158 valence electrons. The van der Waals surface area contributed by atoms with Crippen molar-refractivity contribution in [3.63, 3.8) is 0 Å². The number of hydrogen-bond donors (Lipinski definition) is 2. The number of halogens is 1. The van der Waals surface area contributed by atoms with E-state index in [9.17, 15) is 14.4 Å². The average Bonchev–Trinajstić information content (AvgIpc) is 3.39. The van der Waals surface area contributed by atoms with Gasteiger partial charge >= 0.3 is 6.03 Å². The van der Waals surface area contributed by atoms with Crippen LogP contribution in [0.1, 0.15) is 48.2 Å². The number of carbonyl (C=O) groups excluding carboxylic acids is 3. The number of nitrogens with zero attached hydrogens (tertiary/aromatic N) is 3. The molecule has 2 aromatic rings. The Bertz CT molecular complexity index is 996. The summed E-state index contributed by atoms with van der Waals surface area (Å²) in [7, 11) is 0. The summed E-state index contributed by atoms with van der Waals surface area (Å²) in [6.45, 7) is 2.45. The van der Waals surface area contributed by atoms with Gasteiger partial charge in [0.1, 0.15) is 5.54 Å². The van der Waals surface area contributed by atoms with Crippen LogP contribution in [0.15, 0.2) is 30.5 Å². The summed E-state index contributed by atoms with van der Waals surface area (Å²) in [6.07, 6.45) is 5.34. The molecule has 2 aliphatic rings. The Hall–Kier alpha value is -2.87. The van der Waals surface area contributed by atoms with Gasteiger partial charge in [-0.05, 0) is 44.4 Å². The standard InChI is InChI=1S/C21H24ClN5O3/c1-14-17(13-24-27(14)16-7-4-6-15(22)12-16)18(28)23-10-5-11-26-19(29)21(25-20(26)30)8-2-3-9-21/h4,6-7,12-13H,2-3,5,8-11H2,1H3,(H,23,28)(H,25,30). The van der Waals surface area contributed by atoms with Crippen molar-refractivity contribution in [1.29, 1.82) is 0 Å². The molecule has 2 heterocycles. The fourth-order valence-corrected chi connectivity index (χ4v) is 4.42. The molecule has 2 N–H and O–H groups in total. The van der Waals surface area contributed by atoms with Gasteiger partial charge in [-0.3, -0.25) is 14.5 Å². The first-order chi connectivity index (χ1) is 14.4. The van der Waals surface area contributed by atoms with Crippen LogP contribution in [0.3, 0.4) is 0 Å². The molecule has 0 unspecified atom stereocenters. The topological polar surface area (TPSA) is 96.3 Å². The molecule has 1 spiro atoms. The minimum Gasteiger partial charge on any atom is -0.352 e. The van der Waals surface area contributed by atoms with Gasteiger partial charge in [0.25, 0.3) is 11.8 Å². The number of nitrogens with one attached hydrogen (secondary N) is 2. The molecule has 4 rings (SSSR count). The third-order valence-electron chi connectivity index (χ3n) is 5.85. The highest BCUT2D eigenvalue weighted by atomic mass is 35.5. The molecule has 1 saturated carbocycles. The largest absolute Gasteiger partial charge is 0.352 e. The molecule has 1 aliphatic carbocycles. The van der Waals surface area contributed by atoms with E-state index in [4.69, 9.17) is 11.6 Å². The van der Waals surface area contributed by atoms with Crippen LogP contribution in [-0.2, 0) is 4.79 Å². The minimum atomic E-state index is -0.688. The SMILES string of the molecule is Cc1c(C(=O)NCCCN2C(=O)NC3(CCCC3)C2=O)cnn1-c1cccc(Cl)c1. The van der Waals surface area contributed by atoms with Gasteiger partial charge < -0.3 is 10.6 Å². The smallest absolute Gasteiger partial charge is 0.325 e. The molecule has 4 amide bonds. The number of urea groups is 1.